The number of methoxy groups -OCH3 is 1. The highest BCUT2D eigenvalue weighted by atomic mass is 32.1. The zero-order chi connectivity index (χ0) is 19.5. The summed E-state index contributed by atoms with van der Waals surface area (Å²) < 4.78 is 15.9. The van der Waals surface area contributed by atoms with E-state index in [0.717, 1.165) is 21.7 Å². The van der Waals surface area contributed by atoms with Crippen LogP contribution in [-0.4, -0.2) is 18.1 Å². The number of anilines is 1. The summed E-state index contributed by atoms with van der Waals surface area (Å²) >= 11 is 1.57. The molecule has 0 saturated heterocycles. The largest absolute Gasteiger partial charge is 0.472 e. The van der Waals surface area contributed by atoms with Gasteiger partial charge < -0.3 is 19.6 Å². The minimum absolute atomic E-state index is 0.254. The molecule has 4 rings (SSSR count). The molecule has 7 heteroatoms. The van der Waals surface area contributed by atoms with Crippen LogP contribution < -0.4 is 10.5 Å². The molecule has 0 unspecified atom stereocenters. The number of carbonyl (C=O) groups excluding carboxylic acids is 1. The number of esters is 1. The summed E-state index contributed by atoms with van der Waals surface area (Å²) in [5.74, 6) is 0.241. The van der Waals surface area contributed by atoms with E-state index >= 15 is 0 Å². The number of pyridine rings is 1. The molecule has 28 heavy (non-hydrogen) atoms. The zero-order valence-corrected chi connectivity index (χ0v) is 15.7. The Bertz CT molecular complexity index is 1110. The second-order valence-corrected chi connectivity index (χ2v) is 6.83. The molecule has 2 N–H and O–H groups in total. The number of nitrogen functional groups attached to an aromatic ring is 1. The second-order valence-electron chi connectivity index (χ2n) is 5.88. The average Bonchev–Trinajstić information content (AvgIpc) is 3.43. The second kappa shape index (κ2) is 7.58. The molecule has 0 fully saturated rings. The van der Waals surface area contributed by atoms with Crippen LogP contribution in [0.3, 0.4) is 0 Å². The van der Waals surface area contributed by atoms with E-state index in [0.29, 0.717) is 17.0 Å². The molecule has 6 nitrogen and oxygen atoms in total. The molecule has 0 aliphatic heterocycles. The maximum absolute atomic E-state index is 11.8. The van der Waals surface area contributed by atoms with Gasteiger partial charge in [0, 0.05) is 11.1 Å². The standard InChI is InChI=1S/C21H16N2O4S/c1-25-21(24)13-4-2-5-15(10-13)27-20-19(22)16(14-7-8-26-12-14)11-17(23-20)18-6-3-9-28-18/h2-12H,22H2,1H3. The molecule has 3 heterocycles. The number of hydrogen-bond acceptors (Lipinski definition) is 7. The molecular weight excluding hydrogens is 376 g/mol. The minimum atomic E-state index is -0.446. The van der Waals surface area contributed by atoms with E-state index in [1.165, 1.54) is 7.11 Å². The van der Waals surface area contributed by atoms with Gasteiger partial charge in [0.2, 0.25) is 5.88 Å². The Morgan fingerprint density at radius 1 is 1.18 bits per heavy atom. The van der Waals surface area contributed by atoms with E-state index in [2.05, 4.69) is 4.98 Å². The number of thiophene rings is 1. The summed E-state index contributed by atoms with van der Waals surface area (Å²) in [7, 11) is 1.33. The van der Waals surface area contributed by atoms with E-state index in [9.17, 15) is 4.79 Å². The highest BCUT2D eigenvalue weighted by molar-refractivity contribution is 7.13. The predicted molar refractivity (Wildman–Crippen MR) is 108 cm³/mol. The Kier molecular flexibility index (Phi) is 4.82. The van der Waals surface area contributed by atoms with E-state index in [4.69, 9.17) is 19.6 Å². The topological polar surface area (TPSA) is 87.6 Å². The van der Waals surface area contributed by atoms with Crippen molar-refractivity contribution in [2.45, 2.75) is 0 Å². The third-order valence-corrected chi connectivity index (χ3v) is 4.99. The van der Waals surface area contributed by atoms with Crippen molar-refractivity contribution < 1.29 is 18.7 Å². The minimum Gasteiger partial charge on any atom is -0.472 e. The lowest BCUT2D eigenvalue weighted by atomic mass is 10.1. The molecule has 0 bridgehead atoms. The SMILES string of the molecule is COC(=O)c1cccc(Oc2nc(-c3cccs3)cc(-c3ccoc3)c2N)c1. The molecule has 0 atom stereocenters. The van der Waals surface area contributed by atoms with Crippen molar-refractivity contribution in [2.24, 2.45) is 0 Å². The summed E-state index contributed by atoms with van der Waals surface area (Å²) in [5.41, 5.74) is 9.43. The molecule has 0 amide bonds. The number of nitrogens with two attached hydrogens (primary N) is 1. The Morgan fingerprint density at radius 3 is 2.79 bits per heavy atom. The quantitative estimate of drug-likeness (QED) is 0.468. The lowest BCUT2D eigenvalue weighted by Gasteiger charge is -2.13. The summed E-state index contributed by atoms with van der Waals surface area (Å²) in [6.45, 7) is 0. The molecule has 140 valence electrons. The van der Waals surface area contributed by atoms with Crippen molar-refractivity contribution in [1.29, 1.82) is 0 Å². The first-order chi connectivity index (χ1) is 13.7. The number of benzene rings is 1. The van der Waals surface area contributed by atoms with Gasteiger partial charge in [-0.15, -0.1) is 11.3 Å². The van der Waals surface area contributed by atoms with Gasteiger partial charge in [-0.25, -0.2) is 9.78 Å². The average molecular weight is 392 g/mol. The van der Waals surface area contributed by atoms with Gasteiger partial charge in [0.25, 0.3) is 0 Å². The van der Waals surface area contributed by atoms with Crippen LogP contribution in [0, 0.1) is 0 Å². The molecular formula is C21H16N2O4S. The molecule has 1 aromatic carbocycles. The van der Waals surface area contributed by atoms with Crippen molar-refractivity contribution in [3.8, 4) is 33.3 Å². The van der Waals surface area contributed by atoms with Gasteiger partial charge in [-0.1, -0.05) is 12.1 Å². The van der Waals surface area contributed by atoms with Crippen LogP contribution in [-0.2, 0) is 4.74 Å². The molecule has 0 saturated carbocycles. The first kappa shape index (κ1) is 17.8. The highest BCUT2D eigenvalue weighted by Gasteiger charge is 2.17. The fraction of sp³-hybridized carbons (Fsp3) is 0.0476. The number of hydrogen-bond donors (Lipinski definition) is 1. The third kappa shape index (κ3) is 3.47. The predicted octanol–water partition coefficient (Wildman–Crippen LogP) is 5.23. The maximum atomic E-state index is 11.8. The molecule has 4 aromatic rings. The molecule has 0 spiro atoms. The Hall–Kier alpha value is -3.58. The van der Waals surface area contributed by atoms with E-state index in [1.54, 1.807) is 48.1 Å². The van der Waals surface area contributed by atoms with Gasteiger partial charge in [-0.2, -0.15) is 0 Å². The number of ether oxygens (including phenoxy) is 2. The Morgan fingerprint density at radius 2 is 2.07 bits per heavy atom. The Labute approximate surface area is 165 Å². The highest BCUT2D eigenvalue weighted by Crippen LogP contribution is 2.38. The monoisotopic (exact) mass is 392 g/mol. The van der Waals surface area contributed by atoms with Crippen LogP contribution in [0.5, 0.6) is 11.6 Å². The fourth-order valence-corrected chi connectivity index (χ4v) is 3.42. The first-order valence-electron chi connectivity index (χ1n) is 8.39. The van der Waals surface area contributed by atoms with Gasteiger partial charge in [0.1, 0.15) is 11.4 Å². The van der Waals surface area contributed by atoms with Crippen LogP contribution in [0.4, 0.5) is 5.69 Å². The molecule has 0 radical (unpaired) electrons. The van der Waals surface area contributed by atoms with E-state index in [1.807, 2.05) is 29.6 Å². The van der Waals surface area contributed by atoms with Gasteiger partial charge in [0.15, 0.2) is 0 Å². The zero-order valence-electron chi connectivity index (χ0n) is 14.9. The summed E-state index contributed by atoms with van der Waals surface area (Å²) in [6.07, 6.45) is 3.20. The van der Waals surface area contributed by atoms with Gasteiger partial charge in [-0.3, -0.25) is 0 Å². The lowest BCUT2D eigenvalue weighted by Crippen LogP contribution is -2.02. The van der Waals surface area contributed by atoms with Crippen LogP contribution in [0.25, 0.3) is 21.7 Å². The fourth-order valence-electron chi connectivity index (χ4n) is 2.73. The van der Waals surface area contributed by atoms with Crippen molar-refractivity contribution in [1.82, 2.24) is 4.98 Å². The smallest absolute Gasteiger partial charge is 0.337 e. The molecule has 0 aliphatic carbocycles. The van der Waals surface area contributed by atoms with Crippen molar-refractivity contribution in [2.75, 3.05) is 12.8 Å². The third-order valence-electron chi connectivity index (χ3n) is 4.10. The molecule has 0 aliphatic rings. The van der Waals surface area contributed by atoms with Gasteiger partial charge in [-0.05, 0) is 41.8 Å². The van der Waals surface area contributed by atoms with Crippen molar-refractivity contribution in [3.63, 3.8) is 0 Å². The summed E-state index contributed by atoms with van der Waals surface area (Å²) in [5, 5.41) is 1.98. The van der Waals surface area contributed by atoms with E-state index < -0.39 is 5.97 Å². The van der Waals surface area contributed by atoms with Crippen molar-refractivity contribution in [3.05, 3.63) is 72.0 Å². The van der Waals surface area contributed by atoms with Gasteiger partial charge >= 0.3 is 5.97 Å². The van der Waals surface area contributed by atoms with Crippen LogP contribution in [0.2, 0.25) is 0 Å². The van der Waals surface area contributed by atoms with Crippen LogP contribution in [0.1, 0.15) is 10.4 Å². The van der Waals surface area contributed by atoms with Gasteiger partial charge in [0.05, 0.1) is 35.8 Å². The van der Waals surface area contributed by atoms with Crippen LogP contribution >= 0.6 is 11.3 Å². The molecule has 3 aromatic heterocycles. The Balaban J connectivity index is 1.79. The summed E-state index contributed by atoms with van der Waals surface area (Å²) in [6, 6.07) is 14.3. The number of furan rings is 1. The van der Waals surface area contributed by atoms with E-state index in [-0.39, 0.29) is 5.88 Å². The number of aromatic nitrogens is 1. The number of rotatable bonds is 5. The summed E-state index contributed by atoms with van der Waals surface area (Å²) in [4.78, 5) is 17.4. The maximum Gasteiger partial charge on any atom is 0.337 e. The van der Waals surface area contributed by atoms with Crippen LogP contribution in [0.15, 0.2) is 70.9 Å². The number of nitrogens with zero attached hydrogens (tertiary/aromatic N) is 1. The van der Waals surface area contributed by atoms with Crippen molar-refractivity contribution >= 4 is 23.0 Å². The normalized spacial score (nSPS) is 10.6. The lowest BCUT2D eigenvalue weighted by molar-refractivity contribution is 0.0600. The first-order valence-corrected chi connectivity index (χ1v) is 9.27. The number of carbonyl (C=O) groups is 1.